The first-order chi connectivity index (χ1) is 8.24. The zero-order chi connectivity index (χ0) is 13.0. The molecule has 0 unspecified atom stereocenters. The third-order valence-corrected chi connectivity index (χ3v) is 16.5. The molecule has 0 nitrogen and oxygen atoms in total. The molecular weight excluding hydrogens is 311 g/mol. The molecule has 0 rings (SSSR count). The minimum absolute atomic E-state index is 1.30. The van der Waals surface area contributed by atoms with E-state index in [1.54, 1.807) is 0 Å². The molecule has 0 amide bonds. The van der Waals surface area contributed by atoms with Crippen LogP contribution in [0.4, 0.5) is 0 Å². The van der Waals surface area contributed by atoms with Gasteiger partial charge in [-0.3, -0.25) is 0 Å². The molecule has 0 aliphatic carbocycles. The maximum atomic E-state index is 5.33. The van der Waals surface area contributed by atoms with Crippen molar-refractivity contribution in [3.8, 4) is 22.2 Å². The summed E-state index contributed by atoms with van der Waals surface area (Å²) in [5.41, 5.74) is 0. The first-order valence-electron chi connectivity index (χ1n) is 7.22. The first-order valence-corrected chi connectivity index (χ1v) is 14.7. The third-order valence-electron chi connectivity index (χ3n) is 3.43. The van der Waals surface area contributed by atoms with Gasteiger partial charge in [0.1, 0.15) is 0 Å². The van der Waals surface area contributed by atoms with E-state index in [9.17, 15) is 0 Å². The number of hydrogen-bond acceptors (Lipinski definition) is 0. The summed E-state index contributed by atoms with van der Waals surface area (Å²) in [6, 6.07) is 0. The van der Waals surface area contributed by atoms with E-state index in [0.29, 0.717) is 0 Å². The molecule has 0 aromatic carbocycles. The van der Waals surface area contributed by atoms with Crippen LogP contribution in [0.15, 0.2) is 0 Å². The predicted molar refractivity (Wildman–Crippen MR) is 81.5 cm³/mol. The van der Waals surface area contributed by atoms with Crippen molar-refractivity contribution >= 4 is 18.4 Å². The normalized spacial score (nSPS) is 10.5. The Balaban J connectivity index is 4.71. The fourth-order valence-corrected chi connectivity index (χ4v) is 15.3. The number of terminal acetylenes is 1. The monoisotopic (exact) mass is 340 g/mol. The van der Waals surface area contributed by atoms with Crippen LogP contribution in [0.5, 0.6) is 0 Å². The van der Waals surface area contributed by atoms with Gasteiger partial charge in [0.15, 0.2) is 0 Å². The molecule has 0 N–H and O–H groups in total. The molecule has 0 atom stereocenters. The SMILES string of the molecule is C#CC#[C][Sn]([CH2]CCC)([CH2]CCC)[CH2]CCC. The summed E-state index contributed by atoms with van der Waals surface area (Å²) in [5, 5.41) is 0. The topological polar surface area (TPSA) is 0 Å². The van der Waals surface area contributed by atoms with Crippen molar-refractivity contribution < 1.29 is 0 Å². The Morgan fingerprint density at radius 3 is 1.53 bits per heavy atom. The van der Waals surface area contributed by atoms with Crippen LogP contribution in [-0.4, -0.2) is 18.4 Å². The van der Waals surface area contributed by atoms with Gasteiger partial charge in [-0.05, 0) is 0 Å². The standard InChI is InChI=1S/3C4H9.C4H.Sn/c4*1-3-4-2;/h3*1,3-4H2,2H3;1H;. The van der Waals surface area contributed by atoms with E-state index in [2.05, 4.69) is 36.5 Å². The number of hydrogen-bond donors (Lipinski definition) is 0. The van der Waals surface area contributed by atoms with Crippen LogP contribution >= 0.6 is 0 Å². The van der Waals surface area contributed by atoms with E-state index >= 15 is 0 Å². The van der Waals surface area contributed by atoms with Crippen LogP contribution in [0.1, 0.15) is 59.3 Å². The fourth-order valence-electron chi connectivity index (χ4n) is 2.28. The molecule has 0 spiro atoms. The van der Waals surface area contributed by atoms with Crippen molar-refractivity contribution in [2.45, 2.75) is 72.6 Å². The average Bonchev–Trinajstić information content (AvgIpc) is 2.37. The third kappa shape index (κ3) is 7.77. The van der Waals surface area contributed by atoms with Gasteiger partial charge in [-0.25, -0.2) is 0 Å². The van der Waals surface area contributed by atoms with Crippen molar-refractivity contribution in [2.24, 2.45) is 0 Å². The molecular formula is C16H28Sn. The quantitative estimate of drug-likeness (QED) is 0.409. The van der Waals surface area contributed by atoms with Crippen LogP contribution < -0.4 is 0 Å². The molecule has 0 fully saturated rings. The van der Waals surface area contributed by atoms with Crippen molar-refractivity contribution in [3.63, 3.8) is 0 Å². The van der Waals surface area contributed by atoms with E-state index in [1.165, 1.54) is 51.8 Å². The molecule has 0 saturated heterocycles. The van der Waals surface area contributed by atoms with Crippen molar-refractivity contribution in [1.29, 1.82) is 0 Å². The summed E-state index contributed by atoms with van der Waals surface area (Å²) < 4.78 is 7.90. The Morgan fingerprint density at radius 1 is 0.824 bits per heavy atom. The van der Waals surface area contributed by atoms with E-state index in [-0.39, 0.29) is 0 Å². The summed E-state index contributed by atoms with van der Waals surface area (Å²) in [7, 11) is 0. The number of unbranched alkanes of at least 4 members (excludes halogenated alkanes) is 3. The summed E-state index contributed by atoms with van der Waals surface area (Å²) in [6.45, 7) is 6.85. The average molecular weight is 339 g/mol. The Bertz CT molecular complexity index is 252. The van der Waals surface area contributed by atoms with Crippen LogP contribution in [-0.2, 0) is 0 Å². The Morgan fingerprint density at radius 2 is 1.24 bits per heavy atom. The predicted octanol–water partition coefficient (Wildman–Crippen LogP) is 5.01. The zero-order valence-electron chi connectivity index (χ0n) is 11.9. The van der Waals surface area contributed by atoms with Crippen molar-refractivity contribution in [3.05, 3.63) is 0 Å². The van der Waals surface area contributed by atoms with E-state index in [4.69, 9.17) is 6.42 Å². The van der Waals surface area contributed by atoms with Crippen molar-refractivity contribution in [1.82, 2.24) is 0 Å². The van der Waals surface area contributed by atoms with Gasteiger partial charge in [-0.1, -0.05) is 0 Å². The van der Waals surface area contributed by atoms with Gasteiger partial charge in [0, 0.05) is 0 Å². The van der Waals surface area contributed by atoms with Crippen LogP contribution in [0, 0.1) is 22.2 Å². The Hall–Kier alpha value is -0.0813. The summed E-state index contributed by atoms with van der Waals surface area (Å²) in [5.74, 6) is 5.53. The molecule has 0 aromatic rings. The zero-order valence-corrected chi connectivity index (χ0v) is 14.8. The molecule has 0 radical (unpaired) electrons. The fraction of sp³-hybridized carbons (Fsp3) is 0.750. The van der Waals surface area contributed by atoms with E-state index in [0.717, 1.165) is 0 Å². The second-order valence-corrected chi connectivity index (χ2v) is 17.3. The Kier molecular flexibility index (Phi) is 11.0. The van der Waals surface area contributed by atoms with Gasteiger partial charge in [0.25, 0.3) is 0 Å². The van der Waals surface area contributed by atoms with Gasteiger partial charge in [0.05, 0.1) is 0 Å². The first kappa shape index (κ1) is 16.9. The molecule has 0 aromatic heterocycles. The van der Waals surface area contributed by atoms with Gasteiger partial charge in [-0.2, -0.15) is 0 Å². The molecule has 0 aliphatic rings. The number of rotatable bonds is 9. The minimum atomic E-state index is -2.19. The molecule has 96 valence electrons. The van der Waals surface area contributed by atoms with Crippen molar-refractivity contribution in [2.75, 3.05) is 0 Å². The van der Waals surface area contributed by atoms with Crippen LogP contribution in [0.2, 0.25) is 13.3 Å². The van der Waals surface area contributed by atoms with Crippen LogP contribution in [0.3, 0.4) is 0 Å². The molecule has 0 heterocycles. The molecule has 1 heteroatoms. The summed E-state index contributed by atoms with van der Waals surface area (Å²) >= 11 is -2.19. The molecule has 0 bridgehead atoms. The van der Waals surface area contributed by atoms with Gasteiger partial charge in [0.2, 0.25) is 0 Å². The maximum absolute atomic E-state index is 5.33. The van der Waals surface area contributed by atoms with Crippen LogP contribution in [0.25, 0.3) is 0 Å². The molecule has 0 aliphatic heterocycles. The second kappa shape index (κ2) is 11.0. The van der Waals surface area contributed by atoms with Gasteiger partial charge < -0.3 is 0 Å². The molecule has 17 heavy (non-hydrogen) atoms. The van der Waals surface area contributed by atoms with Gasteiger partial charge in [-0.15, -0.1) is 0 Å². The van der Waals surface area contributed by atoms with E-state index in [1.807, 2.05) is 0 Å². The van der Waals surface area contributed by atoms with E-state index < -0.39 is 18.4 Å². The summed E-state index contributed by atoms with van der Waals surface area (Å²) in [6.07, 6.45) is 13.3. The molecule has 0 saturated carbocycles. The summed E-state index contributed by atoms with van der Waals surface area (Å²) in [4.78, 5) is 0. The van der Waals surface area contributed by atoms with Gasteiger partial charge >= 0.3 is 113 Å². The Labute approximate surface area is 113 Å². The second-order valence-electron chi connectivity index (χ2n) is 4.99.